The van der Waals surface area contributed by atoms with Crippen LogP contribution in [0.2, 0.25) is 0 Å². The summed E-state index contributed by atoms with van der Waals surface area (Å²) in [5, 5.41) is 3.46. The van der Waals surface area contributed by atoms with E-state index in [4.69, 9.17) is 0 Å². The second-order valence-corrected chi connectivity index (χ2v) is 6.45. The van der Waals surface area contributed by atoms with Crippen LogP contribution in [0.3, 0.4) is 0 Å². The quantitative estimate of drug-likeness (QED) is 0.897. The number of halogens is 2. The van der Waals surface area contributed by atoms with Gasteiger partial charge in [-0.25, -0.2) is 4.39 Å². The molecular formula is C15H18BrFN2O. The lowest BCUT2D eigenvalue weighted by molar-refractivity contribution is 0.0706. The van der Waals surface area contributed by atoms with Crippen molar-refractivity contribution in [2.45, 2.75) is 37.8 Å². The summed E-state index contributed by atoms with van der Waals surface area (Å²) in [6, 6.07) is 5.23. The highest BCUT2D eigenvalue weighted by Gasteiger charge is 2.36. The smallest absolute Gasteiger partial charge is 0.257 e. The molecule has 0 aromatic heterocycles. The van der Waals surface area contributed by atoms with Gasteiger partial charge < -0.3 is 10.2 Å². The normalized spacial score (nSPS) is 26.2. The highest BCUT2D eigenvalue weighted by Crippen LogP contribution is 2.27. The van der Waals surface area contributed by atoms with Gasteiger partial charge in [-0.05, 0) is 50.4 Å². The van der Waals surface area contributed by atoms with E-state index in [9.17, 15) is 9.18 Å². The van der Waals surface area contributed by atoms with Crippen LogP contribution in [-0.2, 0) is 0 Å². The molecule has 0 aliphatic carbocycles. The summed E-state index contributed by atoms with van der Waals surface area (Å²) in [6.07, 6.45) is 4.29. The molecule has 5 heteroatoms. The van der Waals surface area contributed by atoms with E-state index in [1.54, 1.807) is 12.1 Å². The van der Waals surface area contributed by atoms with Crippen molar-refractivity contribution in [3.8, 4) is 0 Å². The Kier molecular flexibility index (Phi) is 4.08. The van der Waals surface area contributed by atoms with Crippen LogP contribution < -0.4 is 5.32 Å². The minimum absolute atomic E-state index is 0.175. The Morgan fingerprint density at radius 3 is 2.90 bits per heavy atom. The number of hydrogen-bond donors (Lipinski definition) is 1. The average Bonchev–Trinajstić information content (AvgIpc) is 3.09. The van der Waals surface area contributed by atoms with Gasteiger partial charge in [0.2, 0.25) is 0 Å². The molecule has 0 saturated carbocycles. The second-order valence-electron chi connectivity index (χ2n) is 5.54. The highest BCUT2D eigenvalue weighted by molar-refractivity contribution is 9.10. The molecule has 2 unspecified atom stereocenters. The molecule has 0 radical (unpaired) electrons. The number of carbonyl (C=O) groups is 1. The number of nitrogens with one attached hydrogen (secondary N) is 1. The summed E-state index contributed by atoms with van der Waals surface area (Å²) in [4.78, 5) is 14.4. The molecule has 2 atom stereocenters. The van der Waals surface area contributed by atoms with Crippen molar-refractivity contribution in [2.75, 3.05) is 13.1 Å². The van der Waals surface area contributed by atoms with Crippen molar-refractivity contribution >= 4 is 21.8 Å². The van der Waals surface area contributed by atoms with Crippen LogP contribution >= 0.6 is 15.9 Å². The largest absolute Gasteiger partial charge is 0.334 e. The maximum Gasteiger partial charge on any atom is 0.257 e. The van der Waals surface area contributed by atoms with Gasteiger partial charge in [-0.3, -0.25) is 4.79 Å². The van der Waals surface area contributed by atoms with Gasteiger partial charge >= 0.3 is 0 Å². The van der Waals surface area contributed by atoms with Crippen LogP contribution in [-0.4, -0.2) is 36.0 Å². The topological polar surface area (TPSA) is 32.3 Å². The van der Waals surface area contributed by atoms with Gasteiger partial charge in [0.25, 0.3) is 5.91 Å². The Balaban J connectivity index is 1.81. The van der Waals surface area contributed by atoms with Crippen molar-refractivity contribution in [1.82, 2.24) is 10.2 Å². The third kappa shape index (κ3) is 2.61. The molecule has 1 amide bonds. The van der Waals surface area contributed by atoms with Gasteiger partial charge in [-0.1, -0.05) is 15.9 Å². The van der Waals surface area contributed by atoms with Crippen LogP contribution in [0.15, 0.2) is 22.7 Å². The lowest BCUT2D eigenvalue weighted by Crippen LogP contribution is -2.46. The predicted octanol–water partition coefficient (Wildman–Crippen LogP) is 2.94. The number of benzene rings is 1. The lowest BCUT2D eigenvalue weighted by Gasteiger charge is -2.29. The Bertz CT molecular complexity index is 517. The molecular weight excluding hydrogens is 323 g/mol. The number of hydrogen-bond acceptors (Lipinski definition) is 2. The van der Waals surface area contributed by atoms with Crippen molar-refractivity contribution in [2.24, 2.45) is 0 Å². The average molecular weight is 341 g/mol. The fourth-order valence-corrected chi connectivity index (χ4v) is 3.65. The molecule has 2 aliphatic heterocycles. The molecule has 2 saturated heterocycles. The monoisotopic (exact) mass is 340 g/mol. The van der Waals surface area contributed by atoms with E-state index in [1.165, 1.54) is 6.07 Å². The van der Waals surface area contributed by atoms with Crippen molar-refractivity contribution in [1.29, 1.82) is 0 Å². The van der Waals surface area contributed by atoms with Gasteiger partial charge in [0.05, 0.1) is 5.56 Å². The first kappa shape index (κ1) is 14.0. The van der Waals surface area contributed by atoms with E-state index in [0.29, 0.717) is 10.5 Å². The van der Waals surface area contributed by atoms with Gasteiger partial charge in [0.1, 0.15) is 5.82 Å². The predicted molar refractivity (Wildman–Crippen MR) is 79.2 cm³/mol. The number of carbonyl (C=O) groups excluding carboxylic acids is 1. The first-order valence-corrected chi connectivity index (χ1v) is 7.95. The van der Waals surface area contributed by atoms with Crippen LogP contribution in [0.4, 0.5) is 4.39 Å². The Labute approximate surface area is 126 Å². The molecule has 2 aliphatic rings. The van der Waals surface area contributed by atoms with Crippen LogP contribution in [0.25, 0.3) is 0 Å². The van der Waals surface area contributed by atoms with Crippen LogP contribution in [0.5, 0.6) is 0 Å². The first-order chi connectivity index (χ1) is 9.66. The summed E-state index contributed by atoms with van der Waals surface area (Å²) in [5.74, 6) is -0.624. The molecule has 3 nitrogen and oxygen atoms in total. The Hall–Kier alpha value is -0.940. The highest BCUT2D eigenvalue weighted by atomic mass is 79.9. The third-order valence-electron chi connectivity index (χ3n) is 4.28. The lowest BCUT2D eigenvalue weighted by atomic mass is 10.0. The van der Waals surface area contributed by atoms with Crippen LogP contribution in [0, 0.1) is 5.82 Å². The molecule has 108 valence electrons. The maximum absolute atomic E-state index is 14.0. The van der Waals surface area contributed by atoms with E-state index >= 15 is 0 Å². The number of nitrogens with zero attached hydrogens (tertiary/aromatic N) is 1. The molecule has 0 bridgehead atoms. The van der Waals surface area contributed by atoms with Gasteiger partial charge in [0.15, 0.2) is 0 Å². The van der Waals surface area contributed by atoms with Gasteiger partial charge in [0, 0.05) is 23.1 Å². The molecule has 20 heavy (non-hydrogen) atoms. The van der Waals surface area contributed by atoms with Gasteiger partial charge in [-0.15, -0.1) is 0 Å². The minimum Gasteiger partial charge on any atom is -0.334 e. The van der Waals surface area contributed by atoms with Gasteiger partial charge in [-0.2, -0.15) is 0 Å². The van der Waals surface area contributed by atoms with E-state index in [2.05, 4.69) is 21.2 Å². The molecule has 1 aromatic rings. The molecule has 1 aromatic carbocycles. The summed E-state index contributed by atoms with van der Waals surface area (Å²) in [7, 11) is 0. The Morgan fingerprint density at radius 1 is 1.35 bits per heavy atom. The SMILES string of the molecule is O=C(c1ccc(Br)cc1F)N1CCCC1C1CCCN1. The van der Waals surface area contributed by atoms with E-state index in [0.717, 1.165) is 38.8 Å². The van der Waals surface area contributed by atoms with Crippen molar-refractivity contribution in [3.05, 3.63) is 34.1 Å². The van der Waals surface area contributed by atoms with Crippen molar-refractivity contribution in [3.63, 3.8) is 0 Å². The Morgan fingerprint density at radius 2 is 2.20 bits per heavy atom. The zero-order chi connectivity index (χ0) is 14.1. The molecule has 0 spiro atoms. The summed E-state index contributed by atoms with van der Waals surface area (Å²) in [5.41, 5.74) is 0.179. The maximum atomic E-state index is 14.0. The molecule has 2 fully saturated rings. The summed E-state index contributed by atoms with van der Waals surface area (Å²) >= 11 is 3.22. The zero-order valence-electron chi connectivity index (χ0n) is 11.2. The number of likely N-dealkylation sites (tertiary alicyclic amines) is 1. The second kappa shape index (κ2) is 5.82. The minimum atomic E-state index is -0.450. The standard InChI is InChI=1S/C15H18BrFN2O/c16-10-5-6-11(12(17)9-10)15(20)19-8-2-4-14(19)13-3-1-7-18-13/h5-6,9,13-14,18H,1-4,7-8H2. The first-order valence-electron chi connectivity index (χ1n) is 7.16. The molecule has 1 N–H and O–H groups in total. The van der Waals surface area contributed by atoms with Crippen molar-refractivity contribution < 1.29 is 9.18 Å². The van der Waals surface area contributed by atoms with E-state index < -0.39 is 5.82 Å². The fraction of sp³-hybridized carbons (Fsp3) is 0.533. The van der Waals surface area contributed by atoms with E-state index in [-0.39, 0.29) is 17.5 Å². The molecule has 3 rings (SSSR count). The van der Waals surface area contributed by atoms with E-state index in [1.807, 2.05) is 4.90 Å². The number of rotatable bonds is 2. The number of amides is 1. The molecule has 2 heterocycles. The summed E-state index contributed by atoms with van der Waals surface area (Å²) in [6.45, 7) is 1.76. The fourth-order valence-electron chi connectivity index (χ4n) is 3.32. The zero-order valence-corrected chi connectivity index (χ0v) is 12.8. The van der Waals surface area contributed by atoms with Crippen LogP contribution in [0.1, 0.15) is 36.0 Å². The summed E-state index contributed by atoms with van der Waals surface area (Å²) < 4.78 is 14.6. The third-order valence-corrected chi connectivity index (χ3v) is 4.78.